The van der Waals surface area contributed by atoms with Gasteiger partial charge in [0, 0.05) is 17.7 Å². The third kappa shape index (κ3) is 3.26. The van der Waals surface area contributed by atoms with E-state index in [0.717, 1.165) is 0 Å². The van der Waals surface area contributed by atoms with E-state index in [-0.39, 0.29) is 5.78 Å². The van der Waals surface area contributed by atoms with Gasteiger partial charge in [0.25, 0.3) is 0 Å². The summed E-state index contributed by atoms with van der Waals surface area (Å²) in [5.74, 6) is 1.16. The molecule has 19 heavy (non-hydrogen) atoms. The molecule has 0 aliphatic carbocycles. The number of nitrogen functional groups attached to an aromatic ring is 1. The topological polar surface area (TPSA) is 52.3 Å². The fourth-order valence-electron chi connectivity index (χ4n) is 1.66. The van der Waals surface area contributed by atoms with Crippen molar-refractivity contribution in [2.45, 2.75) is 13.3 Å². The Bertz CT molecular complexity index is 611. The summed E-state index contributed by atoms with van der Waals surface area (Å²) in [5, 5.41) is 0.437. The fourth-order valence-corrected chi connectivity index (χ4v) is 1.89. The van der Waals surface area contributed by atoms with E-state index in [1.165, 1.54) is 0 Å². The van der Waals surface area contributed by atoms with Crippen molar-refractivity contribution in [1.29, 1.82) is 0 Å². The van der Waals surface area contributed by atoms with Gasteiger partial charge in [-0.05, 0) is 30.3 Å². The van der Waals surface area contributed by atoms with E-state index in [0.29, 0.717) is 34.2 Å². The number of ether oxygens (including phenoxy) is 1. The van der Waals surface area contributed by atoms with Gasteiger partial charge in [0.2, 0.25) is 0 Å². The molecule has 0 saturated carbocycles. The number of Topliss-reactive ketones (excluding diaryl/α,β-unsaturated/α-hetero) is 1. The largest absolute Gasteiger partial charge is 0.456 e. The molecule has 0 spiro atoms. The Morgan fingerprint density at radius 2 is 2.05 bits per heavy atom. The second-order valence-corrected chi connectivity index (χ2v) is 4.50. The lowest BCUT2D eigenvalue weighted by Crippen LogP contribution is -1.96. The fraction of sp³-hybridized carbons (Fsp3) is 0.133. The van der Waals surface area contributed by atoms with Crippen molar-refractivity contribution in [1.82, 2.24) is 0 Å². The highest BCUT2D eigenvalue weighted by atomic mass is 35.5. The third-order valence-corrected chi connectivity index (χ3v) is 2.96. The molecule has 0 heterocycles. The van der Waals surface area contributed by atoms with Crippen LogP contribution in [0.1, 0.15) is 23.7 Å². The van der Waals surface area contributed by atoms with Gasteiger partial charge in [-0.25, -0.2) is 0 Å². The summed E-state index contributed by atoms with van der Waals surface area (Å²) < 4.78 is 5.66. The maximum absolute atomic E-state index is 11.6. The van der Waals surface area contributed by atoms with Gasteiger partial charge >= 0.3 is 0 Å². The highest BCUT2D eigenvalue weighted by Crippen LogP contribution is 2.31. The Kier molecular flexibility index (Phi) is 4.07. The van der Waals surface area contributed by atoms with Crippen molar-refractivity contribution < 1.29 is 9.53 Å². The Balaban J connectivity index is 2.26. The minimum Gasteiger partial charge on any atom is -0.456 e. The zero-order valence-electron chi connectivity index (χ0n) is 10.5. The molecule has 98 valence electrons. The highest BCUT2D eigenvalue weighted by Gasteiger charge is 2.07. The van der Waals surface area contributed by atoms with Crippen LogP contribution in [0, 0.1) is 0 Å². The van der Waals surface area contributed by atoms with Crippen LogP contribution in [0.4, 0.5) is 5.69 Å². The van der Waals surface area contributed by atoms with Gasteiger partial charge in [0.05, 0.1) is 5.02 Å². The van der Waals surface area contributed by atoms with Crippen LogP contribution in [0.3, 0.4) is 0 Å². The summed E-state index contributed by atoms with van der Waals surface area (Å²) in [4.78, 5) is 11.6. The second kappa shape index (κ2) is 5.76. The Morgan fingerprint density at radius 1 is 1.26 bits per heavy atom. The monoisotopic (exact) mass is 275 g/mol. The molecule has 2 aromatic rings. The molecule has 0 radical (unpaired) electrons. The van der Waals surface area contributed by atoms with Crippen molar-refractivity contribution in [3.63, 3.8) is 0 Å². The lowest BCUT2D eigenvalue weighted by atomic mass is 10.1. The lowest BCUT2D eigenvalue weighted by Gasteiger charge is -2.09. The Morgan fingerprint density at radius 3 is 2.74 bits per heavy atom. The van der Waals surface area contributed by atoms with Crippen LogP contribution in [0.5, 0.6) is 11.5 Å². The second-order valence-electron chi connectivity index (χ2n) is 4.10. The lowest BCUT2D eigenvalue weighted by molar-refractivity contribution is 0.0988. The number of anilines is 1. The average molecular weight is 276 g/mol. The number of halogens is 1. The summed E-state index contributed by atoms with van der Waals surface area (Å²) in [7, 11) is 0. The Hall–Kier alpha value is -2.00. The summed E-state index contributed by atoms with van der Waals surface area (Å²) in [6, 6.07) is 12.1. The summed E-state index contributed by atoms with van der Waals surface area (Å²) >= 11 is 6.04. The van der Waals surface area contributed by atoms with Crippen LogP contribution < -0.4 is 10.5 Å². The first-order valence-corrected chi connectivity index (χ1v) is 6.34. The molecule has 2 aromatic carbocycles. The normalized spacial score (nSPS) is 10.2. The number of rotatable bonds is 4. The van der Waals surface area contributed by atoms with Gasteiger partial charge in [-0.2, -0.15) is 0 Å². The molecular formula is C15H14ClNO2. The molecule has 2 rings (SSSR count). The molecule has 0 atom stereocenters. The van der Waals surface area contributed by atoms with Crippen LogP contribution in [-0.4, -0.2) is 5.78 Å². The molecule has 0 aromatic heterocycles. The molecular weight excluding hydrogens is 262 g/mol. The molecule has 0 amide bonds. The van der Waals surface area contributed by atoms with Gasteiger partial charge in [0.1, 0.15) is 11.5 Å². The average Bonchev–Trinajstić information content (AvgIpc) is 2.41. The number of benzene rings is 2. The molecule has 2 N–H and O–H groups in total. The van der Waals surface area contributed by atoms with Crippen LogP contribution in [0.25, 0.3) is 0 Å². The molecule has 0 saturated heterocycles. The summed E-state index contributed by atoms with van der Waals surface area (Å²) in [5.41, 5.74) is 6.83. The maximum Gasteiger partial charge on any atom is 0.162 e. The third-order valence-electron chi connectivity index (χ3n) is 2.66. The number of hydrogen-bond acceptors (Lipinski definition) is 3. The number of carbonyl (C=O) groups is 1. The SMILES string of the molecule is CCC(=O)c1cccc(Oc2ccc(N)cc2Cl)c1. The van der Waals surface area contributed by atoms with Crippen molar-refractivity contribution in [2.24, 2.45) is 0 Å². The maximum atomic E-state index is 11.6. The van der Waals surface area contributed by atoms with Gasteiger partial charge in [0.15, 0.2) is 5.78 Å². The van der Waals surface area contributed by atoms with E-state index < -0.39 is 0 Å². The minimum atomic E-state index is 0.0776. The standard InChI is InChI=1S/C15H14ClNO2/c1-2-14(18)10-4-3-5-12(8-10)19-15-7-6-11(17)9-13(15)16/h3-9H,2,17H2,1H3. The quantitative estimate of drug-likeness (QED) is 0.668. The van der Waals surface area contributed by atoms with E-state index in [1.54, 1.807) is 42.5 Å². The Labute approximate surface area is 117 Å². The first-order chi connectivity index (χ1) is 9.10. The number of hydrogen-bond donors (Lipinski definition) is 1. The summed E-state index contributed by atoms with van der Waals surface area (Å²) in [6.45, 7) is 1.83. The zero-order valence-corrected chi connectivity index (χ0v) is 11.3. The first-order valence-electron chi connectivity index (χ1n) is 5.96. The van der Waals surface area contributed by atoms with Crippen molar-refractivity contribution in [3.8, 4) is 11.5 Å². The van der Waals surface area contributed by atoms with Crippen molar-refractivity contribution in [3.05, 3.63) is 53.1 Å². The predicted molar refractivity (Wildman–Crippen MR) is 77.0 cm³/mol. The molecule has 0 fully saturated rings. The molecule has 0 aliphatic rings. The van der Waals surface area contributed by atoms with Gasteiger partial charge in [-0.1, -0.05) is 30.7 Å². The van der Waals surface area contributed by atoms with Crippen molar-refractivity contribution in [2.75, 3.05) is 5.73 Å². The molecule has 0 bridgehead atoms. The smallest absolute Gasteiger partial charge is 0.162 e. The van der Waals surface area contributed by atoms with E-state index in [1.807, 2.05) is 6.92 Å². The van der Waals surface area contributed by atoms with E-state index in [2.05, 4.69) is 0 Å². The number of carbonyl (C=O) groups excluding carboxylic acids is 1. The molecule has 0 aliphatic heterocycles. The summed E-state index contributed by atoms with van der Waals surface area (Å²) in [6.07, 6.45) is 0.464. The van der Waals surface area contributed by atoms with Gasteiger partial charge in [-0.15, -0.1) is 0 Å². The van der Waals surface area contributed by atoms with Crippen LogP contribution >= 0.6 is 11.6 Å². The number of ketones is 1. The van der Waals surface area contributed by atoms with Crippen molar-refractivity contribution >= 4 is 23.1 Å². The van der Waals surface area contributed by atoms with E-state index >= 15 is 0 Å². The van der Waals surface area contributed by atoms with Crippen LogP contribution in [0.2, 0.25) is 5.02 Å². The predicted octanol–water partition coefficient (Wildman–Crippen LogP) is 4.31. The van der Waals surface area contributed by atoms with Gasteiger partial charge in [-0.3, -0.25) is 4.79 Å². The van der Waals surface area contributed by atoms with E-state index in [9.17, 15) is 4.79 Å². The highest BCUT2D eigenvalue weighted by molar-refractivity contribution is 6.32. The first kappa shape index (κ1) is 13.4. The van der Waals surface area contributed by atoms with Crippen LogP contribution in [-0.2, 0) is 0 Å². The molecule has 4 heteroatoms. The number of nitrogens with two attached hydrogens (primary N) is 1. The minimum absolute atomic E-state index is 0.0776. The van der Waals surface area contributed by atoms with Crippen LogP contribution in [0.15, 0.2) is 42.5 Å². The van der Waals surface area contributed by atoms with Gasteiger partial charge < -0.3 is 10.5 Å². The molecule has 3 nitrogen and oxygen atoms in total. The zero-order chi connectivity index (χ0) is 13.8. The van der Waals surface area contributed by atoms with E-state index in [4.69, 9.17) is 22.1 Å². The molecule has 0 unspecified atom stereocenters.